The normalized spacial score (nSPS) is 13.7. The number of carbonyl (C=O) groups excluding carboxylic acids is 2. The minimum Gasteiger partial charge on any atom is -0.297 e. The van der Waals surface area contributed by atoms with E-state index in [-0.39, 0.29) is 30.5 Å². The van der Waals surface area contributed by atoms with Crippen molar-refractivity contribution in [1.82, 2.24) is 14.5 Å². The first-order chi connectivity index (χ1) is 12.1. The highest BCUT2D eigenvalue weighted by Crippen LogP contribution is 2.23. The van der Waals surface area contributed by atoms with Crippen LogP contribution in [0.5, 0.6) is 0 Å². The van der Waals surface area contributed by atoms with Gasteiger partial charge in [0.2, 0.25) is 0 Å². The summed E-state index contributed by atoms with van der Waals surface area (Å²) < 4.78 is 1.46. The molecule has 1 aliphatic heterocycles. The van der Waals surface area contributed by atoms with Crippen LogP contribution in [0.25, 0.3) is 10.2 Å². The number of hydrogen-bond acceptors (Lipinski definition) is 5. The standard InChI is InChI=1S/C18H15N3O3S/c1-2-11-9-14-15(25-11)19-10-20(16(14)22)7-8-21-17(23)12-5-3-4-6-13(12)18(21)24/h3-6,9-10H,2,7-8H2,1H3. The zero-order chi connectivity index (χ0) is 17.6. The molecule has 0 fully saturated rings. The van der Waals surface area contributed by atoms with Gasteiger partial charge in [0.1, 0.15) is 4.83 Å². The first-order valence-corrected chi connectivity index (χ1v) is 8.85. The predicted molar refractivity (Wildman–Crippen MR) is 95.1 cm³/mol. The quantitative estimate of drug-likeness (QED) is 0.675. The molecule has 6 nitrogen and oxygen atoms in total. The van der Waals surface area contributed by atoms with Crippen molar-refractivity contribution >= 4 is 33.4 Å². The Morgan fingerprint density at radius 3 is 2.36 bits per heavy atom. The van der Waals surface area contributed by atoms with E-state index in [1.54, 1.807) is 24.3 Å². The summed E-state index contributed by atoms with van der Waals surface area (Å²) in [5.41, 5.74) is 0.690. The van der Waals surface area contributed by atoms with E-state index in [1.807, 2.05) is 13.0 Å². The molecule has 1 aromatic carbocycles. The minimum absolute atomic E-state index is 0.141. The molecule has 0 atom stereocenters. The van der Waals surface area contributed by atoms with Crippen molar-refractivity contribution in [3.05, 3.63) is 63.0 Å². The molecule has 2 aromatic heterocycles. The van der Waals surface area contributed by atoms with Crippen LogP contribution in [-0.2, 0) is 13.0 Å². The zero-order valence-electron chi connectivity index (χ0n) is 13.6. The number of fused-ring (bicyclic) bond motifs is 2. The van der Waals surface area contributed by atoms with Crippen molar-refractivity contribution in [3.8, 4) is 0 Å². The van der Waals surface area contributed by atoms with Crippen LogP contribution in [0, 0.1) is 0 Å². The molecule has 0 aliphatic carbocycles. The molecule has 1 aliphatic rings. The number of aryl methyl sites for hydroxylation is 1. The molecular formula is C18H15N3O3S. The lowest BCUT2D eigenvalue weighted by Crippen LogP contribution is -2.35. The molecule has 0 bridgehead atoms. The Labute approximate surface area is 147 Å². The fourth-order valence-corrected chi connectivity index (χ4v) is 3.92. The largest absolute Gasteiger partial charge is 0.297 e. The van der Waals surface area contributed by atoms with Crippen LogP contribution in [0.3, 0.4) is 0 Å². The van der Waals surface area contributed by atoms with E-state index in [2.05, 4.69) is 4.98 Å². The van der Waals surface area contributed by atoms with Gasteiger partial charge in [-0.05, 0) is 24.6 Å². The van der Waals surface area contributed by atoms with Gasteiger partial charge in [-0.1, -0.05) is 19.1 Å². The number of imide groups is 1. The molecule has 0 unspecified atom stereocenters. The second-order valence-electron chi connectivity index (χ2n) is 5.84. The third-order valence-electron chi connectivity index (χ3n) is 4.36. The van der Waals surface area contributed by atoms with Gasteiger partial charge in [-0.2, -0.15) is 0 Å². The average Bonchev–Trinajstić information content (AvgIpc) is 3.16. The molecule has 0 radical (unpaired) electrons. The molecule has 0 spiro atoms. The van der Waals surface area contributed by atoms with E-state index >= 15 is 0 Å². The average molecular weight is 353 g/mol. The summed E-state index contributed by atoms with van der Waals surface area (Å²) >= 11 is 1.51. The first kappa shape index (κ1) is 15.7. The molecule has 0 saturated heterocycles. The maximum atomic E-state index is 12.6. The number of hydrogen-bond donors (Lipinski definition) is 0. The van der Waals surface area contributed by atoms with Crippen LogP contribution in [0.1, 0.15) is 32.5 Å². The Morgan fingerprint density at radius 1 is 1.04 bits per heavy atom. The maximum Gasteiger partial charge on any atom is 0.262 e. The fourth-order valence-electron chi connectivity index (χ4n) is 2.99. The van der Waals surface area contributed by atoms with E-state index in [9.17, 15) is 14.4 Å². The summed E-state index contributed by atoms with van der Waals surface area (Å²) in [6.45, 7) is 2.40. The predicted octanol–water partition coefficient (Wildman–Crippen LogP) is 2.32. The second-order valence-corrected chi connectivity index (χ2v) is 6.95. The molecule has 2 amide bonds. The van der Waals surface area contributed by atoms with Crippen LogP contribution in [0.4, 0.5) is 0 Å². The smallest absolute Gasteiger partial charge is 0.262 e. The van der Waals surface area contributed by atoms with Crippen LogP contribution in [0.15, 0.2) is 41.5 Å². The van der Waals surface area contributed by atoms with E-state index < -0.39 is 0 Å². The van der Waals surface area contributed by atoms with E-state index in [0.29, 0.717) is 16.5 Å². The molecule has 3 aromatic rings. The topological polar surface area (TPSA) is 72.3 Å². The molecule has 0 N–H and O–H groups in total. The van der Waals surface area contributed by atoms with Crippen molar-refractivity contribution in [2.75, 3.05) is 6.54 Å². The lowest BCUT2D eigenvalue weighted by molar-refractivity contribution is 0.0648. The van der Waals surface area contributed by atoms with Crippen LogP contribution >= 0.6 is 11.3 Å². The van der Waals surface area contributed by atoms with Crippen molar-refractivity contribution < 1.29 is 9.59 Å². The molecule has 3 heterocycles. The molecule has 7 heteroatoms. The van der Waals surface area contributed by atoms with Gasteiger partial charge in [-0.3, -0.25) is 23.9 Å². The number of nitrogens with zero attached hydrogens (tertiary/aromatic N) is 3. The van der Waals surface area contributed by atoms with Crippen molar-refractivity contribution in [1.29, 1.82) is 0 Å². The van der Waals surface area contributed by atoms with Gasteiger partial charge in [0.05, 0.1) is 22.8 Å². The third kappa shape index (κ3) is 2.47. The molecule has 4 rings (SSSR count). The zero-order valence-corrected chi connectivity index (χ0v) is 14.4. The number of benzene rings is 1. The van der Waals surface area contributed by atoms with Gasteiger partial charge in [0.15, 0.2) is 0 Å². The Kier molecular flexibility index (Phi) is 3.73. The highest BCUT2D eigenvalue weighted by atomic mass is 32.1. The number of rotatable bonds is 4. The molecule has 0 saturated carbocycles. The van der Waals surface area contributed by atoms with Gasteiger partial charge in [-0.15, -0.1) is 11.3 Å². The monoisotopic (exact) mass is 353 g/mol. The highest BCUT2D eigenvalue weighted by Gasteiger charge is 2.34. The van der Waals surface area contributed by atoms with Crippen LogP contribution < -0.4 is 5.56 Å². The van der Waals surface area contributed by atoms with Gasteiger partial charge in [0, 0.05) is 18.0 Å². The lowest BCUT2D eigenvalue weighted by atomic mass is 10.1. The first-order valence-electron chi connectivity index (χ1n) is 8.03. The summed E-state index contributed by atoms with van der Waals surface area (Å²) in [7, 11) is 0. The van der Waals surface area contributed by atoms with E-state index in [0.717, 1.165) is 16.1 Å². The molecule has 126 valence electrons. The van der Waals surface area contributed by atoms with Crippen molar-refractivity contribution in [2.24, 2.45) is 0 Å². The van der Waals surface area contributed by atoms with E-state index in [1.165, 1.54) is 27.1 Å². The third-order valence-corrected chi connectivity index (χ3v) is 5.55. The second kappa shape index (κ2) is 5.93. The van der Waals surface area contributed by atoms with Gasteiger partial charge in [0.25, 0.3) is 17.4 Å². The van der Waals surface area contributed by atoms with Gasteiger partial charge >= 0.3 is 0 Å². The fraction of sp³-hybridized carbons (Fsp3) is 0.222. The highest BCUT2D eigenvalue weighted by molar-refractivity contribution is 7.18. The summed E-state index contributed by atoms with van der Waals surface area (Å²) in [6, 6.07) is 8.63. The van der Waals surface area contributed by atoms with Crippen molar-refractivity contribution in [2.45, 2.75) is 19.9 Å². The van der Waals surface area contributed by atoms with Gasteiger partial charge in [-0.25, -0.2) is 4.98 Å². The summed E-state index contributed by atoms with van der Waals surface area (Å²) in [6.07, 6.45) is 2.34. The number of thiophene rings is 1. The number of aromatic nitrogens is 2. The Hall–Kier alpha value is -2.80. The molecule has 25 heavy (non-hydrogen) atoms. The van der Waals surface area contributed by atoms with Crippen LogP contribution in [0.2, 0.25) is 0 Å². The Balaban J connectivity index is 1.59. The SMILES string of the molecule is CCc1cc2c(=O)n(CCN3C(=O)c4ccccc4C3=O)cnc2s1. The van der Waals surface area contributed by atoms with E-state index in [4.69, 9.17) is 0 Å². The summed E-state index contributed by atoms with van der Waals surface area (Å²) in [5.74, 6) is -0.627. The summed E-state index contributed by atoms with van der Waals surface area (Å²) in [4.78, 5) is 44.7. The Morgan fingerprint density at radius 2 is 1.72 bits per heavy atom. The minimum atomic E-state index is -0.313. The lowest BCUT2D eigenvalue weighted by Gasteiger charge is -2.14. The number of amides is 2. The number of carbonyl (C=O) groups is 2. The Bertz CT molecular complexity index is 1030. The molecular weight excluding hydrogens is 338 g/mol. The summed E-state index contributed by atoms with van der Waals surface area (Å²) in [5, 5.41) is 0.590. The van der Waals surface area contributed by atoms with Crippen molar-refractivity contribution in [3.63, 3.8) is 0 Å². The van der Waals surface area contributed by atoms with Crippen LogP contribution in [-0.4, -0.2) is 32.8 Å². The van der Waals surface area contributed by atoms with Gasteiger partial charge < -0.3 is 0 Å². The maximum absolute atomic E-state index is 12.6.